The van der Waals surface area contributed by atoms with E-state index < -0.39 is 6.10 Å². The third-order valence-corrected chi connectivity index (χ3v) is 3.96. The number of benzene rings is 1. The average Bonchev–Trinajstić information content (AvgIpc) is 3.10. The lowest BCUT2D eigenvalue weighted by atomic mass is 10.2. The van der Waals surface area contributed by atoms with Gasteiger partial charge in [-0.3, -0.25) is 9.59 Å². The van der Waals surface area contributed by atoms with Crippen molar-refractivity contribution in [2.75, 3.05) is 18.4 Å². The first-order chi connectivity index (χ1) is 11.0. The van der Waals surface area contributed by atoms with E-state index in [4.69, 9.17) is 0 Å². The minimum atomic E-state index is -0.668. The zero-order valence-electron chi connectivity index (χ0n) is 13.0. The van der Waals surface area contributed by atoms with Gasteiger partial charge in [-0.2, -0.15) is 0 Å². The second kappa shape index (κ2) is 6.37. The van der Waals surface area contributed by atoms with Crippen molar-refractivity contribution in [1.82, 2.24) is 14.9 Å². The molecule has 2 amide bonds. The maximum absolute atomic E-state index is 12.0. The van der Waals surface area contributed by atoms with Crippen LogP contribution in [0.1, 0.15) is 38.1 Å². The predicted molar refractivity (Wildman–Crippen MR) is 85.8 cm³/mol. The first kappa shape index (κ1) is 15.5. The van der Waals surface area contributed by atoms with Gasteiger partial charge in [0.05, 0.1) is 11.0 Å². The molecule has 3 rings (SSSR count). The molecule has 0 bridgehead atoms. The normalized spacial score (nSPS) is 16.1. The van der Waals surface area contributed by atoms with E-state index in [2.05, 4.69) is 15.3 Å². The maximum Gasteiger partial charge on any atom is 0.226 e. The zero-order chi connectivity index (χ0) is 16.4. The van der Waals surface area contributed by atoms with Crippen molar-refractivity contribution in [3.8, 4) is 0 Å². The molecule has 7 nitrogen and oxygen atoms in total. The first-order valence-electron chi connectivity index (χ1n) is 7.78. The second-order valence-corrected chi connectivity index (χ2v) is 5.81. The number of anilines is 1. The molecule has 1 saturated heterocycles. The molecule has 1 aromatic heterocycles. The lowest BCUT2D eigenvalue weighted by Gasteiger charge is -2.14. The second-order valence-electron chi connectivity index (χ2n) is 5.81. The van der Waals surface area contributed by atoms with Crippen molar-refractivity contribution in [2.45, 2.75) is 32.3 Å². The highest BCUT2D eigenvalue weighted by Crippen LogP contribution is 2.20. The molecule has 1 unspecified atom stereocenters. The summed E-state index contributed by atoms with van der Waals surface area (Å²) in [6.45, 7) is 2.84. The van der Waals surface area contributed by atoms with Crippen LogP contribution in [-0.4, -0.2) is 44.9 Å². The number of nitrogens with zero attached hydrogens (tertiary/aromatic N) is 2. The molecule has 2 aromatic rings. The number of fused-ring (bicyclic) bond motifs is 1. The molecule has 1 atom stereocenters. The Kier molecular flexibility index (Phi) is 4.29. The lowest BCUT2D eigenvalue weighted by molar-refractivity contribution is -0.128. The van der Waals surface area contributed by atoms with E-state index in [1.807, 2.05) is 0 Å². The fourth-order valence-corrected chi connectivity index (χ4v) is 2.71. The average molecular weight is 316 g/mol. The highest BCUT2D eigenvalue weighted by atomic mass is 16.3. The monoisotopic (exact) mass is 316 g/mol. The molecule has 1 aliphatic heterocycles. The summed E-state index contributed by atoms with van der Waals surface area (Å²) in [6, 6.07) is 5.35. The SMILES string of the molecule is CC(O)c1nc2ccc(NC(=O)CCN3CCCC3=O)cc2[nH]1. The first-order valence-corrected chi connectivity index (χ1v) is 7.78. The molecule has 7 heteroatoms. The van der Waals surface area contributed by atoms with Crippen molar-refractivity contribution >= 4 is 28.5 Å². The topological polar surface area (TPSA) is 98.3 Å². The molecule has 2 heterocycles. The molecule has 1 aliphatic rings. The number of aliphatic hydroxyl groups excluding tert-OH is 1. The number of aromatic amines is 1. The molecule has 3 N–H and O–H groups in total. The number of likely N-dealkylation sites (tertiary alicyclic amines) is 1. The number of carbonyl (C=O) groups is 2. The van der Waals surface area contributed by atoms with Gasteiger partial charge in [0.15, 0.2) is 0 Å². The summed E-state index contributed by atoms with van der Waals surface area (Å²) >= 11 is 0. The van der Waals surface area contributed by atoms with Crippen molar-refractivity contribution in [3.63, 3.8) is 0 Å². The van der Waals surface area contributed by atoms with Crippen LogP contribution in [0.2, 0.25) is 0 Å². The smallest absolute Gasteiger partial charge is 0.226 e. The maximum atomic E-state index is 12.0. The van der Waals surface area contributed by atoms with Gasteiger partial charge in [-0.1, -0.05) is 0 Å². The molecule has 0 saturated carbocycles. The summed E-state index contributed by atoms with van der Waals surface area (Å²) in [4.78, 5) is 32.5. The Morgan fingerprint density at radius 1 is 1.52 bits per heavy atom. The number of aliphatic hydroxyl groups is 1. The largest absolute Gasteiger partial charge is 0.385 e. The number of rotatable bonds is 5. The van der Waals surface area contributed by atoms with Crippen molar-refractivity contribution in [1.29, 1.82) is 0 Å². The number of hydrogen-bond donors (Lipinski definition) is 3. The molecule has 1 fully saturated rings. The van der Waals surface area contributed by atoms with E-state index in [1.54, 1.807) is 30.0 Å². The van der Waals surface area contributed by atoms with Gasteiger partial charge in [-0.05, 0) is 31.5 Å². The van der Waals surface area contributed by atoms with E-state index in [-0.39, 0.29) is 18.2 Å². The number of nitrogens with one attached hydrogen (secondary N) is 2. The van der Waals surface area contributed by atoms with Gasteiger partial charge >= 0.3 is 0 Å². The summed E-state index contributed by atoms with van der Waals surface area (Å²) in [5.74, 6) is 0.498. The Morgan fingerprint density at radius 3 is 3.04 bits per heavy atom. The molecular formula is C16H20N4O3. The van der Waals surface area contributed by atoms with E-state index in [9.17, 15) is 14.7 Å². The Bertz CT molecular complexity index is 738. The summed E-state index contributed by atoms with van der Waals surface area (Å²) in [6.07, 6.45) is 1.08. The fourth-order valence-electron chi connectivity index (χ4n) is 2.71. The number of imidazole rings is 1. The van der Waals surface area contributed by atoms with Gasteiger partial charge in [0.25, 0.3) is 0 Å². The highest BCUT2D eigenvalue weighted by Gasteiger charge is 2.20. The predicted octanol–water partition coefficient (Wildman–Crippen LogP) is 1.57. The summed E-state index contributed by atoms with van der Waals surface area (Å²) in [7, 11) is 0. The Morgan fingerprint density at radius 2 is 2.35 bits per heavy atom. The Labute approximate surface area is 133 Å². The van der Waals surface area contributed by atoms with E-state index in [0.29, 0.717) is 24.5 Å². The third-order valence-electron chi connectivity index (χ3n) is 3.96. The van der Waals surface area contributed by atoms with Crippen LogP contribution < -0.4 is 5.32 Å². The standard InChI is InChI=1S/C16H20N4O3/c1-10(21)16-18-12-5-4-11(9-13(12)19-16)17-14(22)6-8-20-7-2-3-15(20)23/h4-5,9-10,21H,2-3,6-8H2,1H3,(H,17,22)(H,18,19). The van der Waals surface area contributed by atoms with Gasteiger partial charge in [-0.15, -0.1) is 0 Å². The van der Waals surface area contributed by atoms with Gasteiger partial charge in [0, 0.05) is 31.6 Å². The van der Waals surface area contributed by atoms with Crippen LogP contribution in [0.15, 0.2) is 18.2 Å². The molecule has 122 valence electrons. The van der Waals surface area contributed by atoms with Crippen LogP contribution >= 0.6 is 0 Å². The summed E-state index contributed by atoms with van der Waals surface area (Å²) in [5, 5.41) is 12.4. The van der Waals surface area contributed by atoms with Crippen LogP contribution in [0, 0.1) is 0 Å². The molecule has 23 heavy (non-hydrogen) atoms. The van der Waals surface area contributed by atoms with Gasteiger partial charge < -0.3 is 20.3 Å². The van der Waals surface area contributed by atoms with Gasteiger partial charge in [0.2, 0.25) is 11.8 Å². The van der Waals surface area contributed by atoms with Crippen molar-refractivity contribution in [2.24, 2.45) is 0 Å². The molecule has 0 aliphatic carbocycles. The molecular weight excluding hydrogens is 296 g/mol. The van der Waals surface area contributed by atoms with Gasteiger partial charge in [-0.25, -0.2) is 4.98 Å². The Hall–Kier alpha value is -2.41. The lowest BCUT2D eigenvalue weighted by Crippen LogP contribution is -2.28. The van der Waals surface area contributed by atoms with Crippen LogP contribution in [0.25, 0.3) is 11.0 Å². The number of aromatic nitrogens is 2. The van der Waals surface area contributed by atoms with E-state index in [0.717, 1.165) is 24.0 Å². The molecule has 0 spiro atoms. The number of hydrogen-bond acceptors (Lipinski definition) is 4. The van der Waals surface area contributed by atoms with Crippen molar-refractivity contribution < 1.29 is 14.7 Å². The summed E-state index contributed by atoms with van der Waals surface area (Å²) in [5.41, 5.74) is 2.16. The minimum absolute atomic E-state index is 0.126. The quantitative estimate of drug-likeness (QED) is 0.779. The van der Waals surface area contributed by atoms with Crippen LogP contribution in [0.5, 0.6) is 0 Å². The van der Waals surface area contributed by atoms with Crippen LogP contribution in [0.4, 0.5) is 5.69 Å². The van der Waals surface area contributed by atoms with E-state index in [1.165, 1.54) is 0 Å². The van der Waals surface area contributed by atoms with Crippen LogP contribution in [0.3, 0.4) is 0 Å². The summed E-state index contributed by atoms with van der Waals surface area (Å²) < 4.78 is 0. The zero-order valence-corrected chi connectivity index (χ0v) is 13.0. The molecule has 0 radical (unpaired) electrons. The molecule has 1 aromatic carbocycles. The van der Waals surface area contributed by atoms with Gasteiger partial charge in [0.1, 0.15) is 11.9 Å². The highest BCUT2D eigenvalue weighted by molar-refractivity contribution is 5.93. The number of carbonyl (C=O) groups excluding carboxylic acids is 2. The van der Waals surface area contributed by atoms with Crippen molar-refractivity contribution in [3.05, 3.63) is 24.0 Å². The fraction of sp³-hybridized carbons (Fsp3) is 0.438. The van der Waals surface area contributed by atoms with E-state index >= 15 is 0 Å². The Balaban J connectivity index is 1.61. The van der Waals surface area contributed by atoms with Crippen LogP contribution in [-0.2, 0) is 9.59 Å². The number of amides is 2. The third kappa shape index (κ3) is 3.50. The number of H-pyrrole nitrogens is 1. The minimum Gasteiger partial charge on any atom is -0.385 e.